The molecule has 130 valence electrons. The monoisotopic (exact) mass is 414 g/mol. The van der Waals surface area contributed by atoms with Crippen molar-refractivity contribution in [1.82, 2.24) is 20.3 Å². The van der Waals surface area contributed by atoms with Crippen molar-refractivity contribution in [3.8, 4) is 0 Å². The van der Waals surface area contributed by atoms with Gasteiger partial charge in [0, 0.05) is 42.6 Å². The van der Waals surface area contributed by atoms with Crippen LogP contribution < -0.4 is 15.5 Å². The van der Waals surface area contributed by atoms with Crippen LogP contribution in [-0.2, 0) is 9.84 Å². The van der Waals surface area contributed by atoms with Gasteiger partial charge in [0.1, 0.15) is 15.7 Å². The van der Waals surface area contributed by atoms with Crippen LogP contribution in [0.15, 0.2) is 16.7 Å². The summed E-state index contributed by atoms with van der Waals surface area (Å²) in [4.78, 5) is 15.5. The molecule has 0 amide bonds. The first-order valence-electron chi connectivity index (χ1n) is 7.53. The average Bonchev–Trinajstić information content (AvgIpc) is 2.45. The lowest BCUT2D eigenvalue weighted by Crippen LogP contribution is -2.57. The Kier molecular flexibility index (Phi) is 4.88. The summed E-state index contributed by atoms with van der Waals surface area (Å²) < 4.78 is 23.5. The van der Waals surface area contributed by atoms with E-state index in [1.165, 1.54) is 6.26 Å². The number of sulfone groups is 1. The highest BCUT2D eigenvalue weighted by Crippen LogP contribution is 2.26. The van der Waals surface area contributed by atoms with E-state index >= 15 is 0 Å². The Morgan fingerprint density at radius 1 is 1.38 bits per heavy atom. The molecule has 1 aliphatic rings. The van der Waals surface area contributed by atoms with E-state index in [1.54, 1.807) is 6.20 Å². The van der Waals surface area contributed by atoms with Crippen LogP contribution in [0.2, 0.25) is 0 Å². The number of hydrogen-bond donors (Lipinski definition) is 2. The van der Waals surface area contributed by atoms with Crippen molar-refractivity contribution in [1.29, 1.82) is 0 Å². The molecule has 3 heterocycles. The first-order chi connectivity index (χ1) is 11.4. The van der Waals surface area contributed by atoms with Gasteiger partial charge in [-0.25, -0.2) is 13.4 Å². The summed E-state index contributed by atoms with van der Waals surface area (Å²) in [6, 6.07) is 2.31. The molecule has 0 saturated carbocycles. The fraction of sp³-hybridized carbons (Fsp3) is 0.500. The Morgan fingerprint density at radius 2 is 2.12 bits per heavy atom. The maximum atomic E-state index is 11.3. The first kappa shape index (κ1) is 17.3. The van der Waals surface area contributed by atoms with Gasteiger partial charge in [-0.15, -0.1) is 0 Å². The van der Waals surface area contributed by atoms with Crippen LogP contribution in [0.3, 0.4) is 0 Å². The lowest BCUT2D eigenvalue weighted by atomic mass is 10.1. The van der Waals surface area contributed by atoms with Gasteiger partial charge >= 0.3 is 0 Å². The zero-order valence-corrected chi connectivity index (χ0v) is 15.9. The lowest BCUT2D eigenvalue weighted by molar-refractivity contribution is 0.444. The molecule has 2 aromatic heterocycles. The van der Waals surface area contributed by atoms with E-state index in [9.17, 15) is 8.42 Å². The third-order valence-electron chi connectivity index (χ3n) is 3.84. The van der Waals surface area contributed by atoms with Crippen LogP contribution in [0.1, 0.15) is 0 Å². The highest BCUT2D eigenvalue weighted by atomic mass is 79.9. The zero-order valence-electron chi connectivity index (χ0n) is 13.5. The lowest BCUT2D eigenvalue weighted by Gasteiger charge is -2.39. The van der Waals surface area contributed by atoms with Crippen LogP contribution >= 0.6 is 15.9 Å². The van der Waals surface area contributed by atoms with Gasteiger partial charge in [-0.1, -0.05) is 0 Å². The molecule has 8 nitrogen and oxygen atoms in total. The summed E-state index contributed by atoms with van der Waals surface area (Å²) in [5.41, 5.74) is 0.581. The smallest absolute Gasteiger partial charge is 0.229 e. The average molecular weight is 415 g/mol. The van der Waals surface area contributed by atoms with E-state index in [0.717, 1.165) is 22.9 Å². The molecule has 1 saturated heterocycles. The van der Waals surface area contributed by atoms with Crippen molar-refractivity contribution in [2.24, 2.45) is 0 Å². The first-order valence-corrected chi connectivity index (χ1v) is 10.4. The van der Waals surface area contributed by atoms with Gasteiger partial charge in [-0.2, -0.15) is 9.97 Å². The van der Waals surface area contributed by atoms with Crippen LogP contribution in [0.5, 0.6) is 0 Å². The van der Waals surface area contributed by atoms with Crippen LogP contribution in [0, 0.1) is 0 Å². The molecule has 0 radical (unpaired) electrons. The number of nitrogens with zero attached hydrogens (tertiary/aromatic N) is 4. The topological polar surface area (TPSA) is 100 Å². The largest absolute Gasteiger partial charge is 0.368 e. The standard InChI is InChI=1S/C14H19BrN6O2S/c1-16-10-7-21(8-10)14-19-12(17-3-4-24(2,22)23)11-5-9(15)6-18-13(11)20-14/h5-6,10,16H,3-4,7-8H2,1-2H3,(H,17,18,19,20). The predicted molar refractivity (Wildman–Crippen MR) is 98.3 cm³/mol. The second-order valence-corrected chi connectivity index (χ2v) is 9.02. The second-order valence-electron chi connectivity index (χ2n) is 5.84. The van der Waals surface area contributed by atoms with Crippen molar-refractivity contribution in [3.63, 3.8) is 0 Å². The Hall–Kier alpha value is -1.52. The van der Waals surface area contributed by atoms with Crippen molar-refractivity contribution < 1.29 is 8.42 Å². The third kappa shape index (κ3) is 3.93. The summed E-state index contributed by atoms with van der Waals surface area (Å²) in [5, 5.41) is 7.07. The Bertz CT molecular complexity index is 854. The van der Waals surface area contributed by atoms with E-state index in [0.29, 0.717) is 23.5 Å². The van der Waals surface area contributed by atoms with Crippen LogP contribution in [0.25, 0.3) is 11.0 Å². The Balaban J connectivity index is 1.90. The number of pyridine rings is 1. The van der Waals surface area contributed by atoms with E-state index in [2.05, 4.69) is 46.4 Å². The number of hydrogen-bond acceptors (Lipinski definition) is 8. The number of rotatable bonds is 6. The molecule has 1 fully saturated rings. The maximum absolute atomic E-state index is 11.3. The molecule has 0 aliphatic carbocycles. The minimum absolute atomic E-state index is 0.0425. The summed E-state index contributed by atoms with van der Waals surface area (Å²) >= 11 is 3.40. The van der Waals surface area contributed by atoms with Gasteiger partial charge in [0.15, 0.2) is 5.65 Å². The summed E-state index contributed by atoms with van der Waals surface area (Å²) in [5.74, 6) is 1.24. The van der Waals surface area contributed by atoms with E-state index in [1.807, 2.05) is 13.1 Å². The molecule has 0 bridgehead atoms. The molecule has 2 aromatic rings. The van der Waals surface area contributed by atoms with Gasteiger partial charge in [0.25, 0.3) is 0 Å². The highest BCUT2D eigenvalue weighted by molar-refractivity contribution is 9.10. The van der Waals surface area contributed by atoms with Crippen molar-refractivity contribution in [2.45, 2.75) is 6.04 Å². The quantitative estimate of drug-likeness (QED) is 0.710. The minimum Gasteiger partial charge on any atom is -0.368 e. The van der Waals surface area contributed by atoms with Gasteiger partial charge in [0.2, 0.25) is 5.95 Å². The number of likely N-dealkylation sites (N-methyl/N-ethyl adjacent to an activating group) is 1. The van der Waals surface area contributed by atoms with Gasteiger partial charge < -0.3 is 15.5 Å². The van der Waals surface area contributed by atoms with E-state index in [4.69, 9.17) is 0 Å². The fourth-order valence-electron chi connectivity index (χ4n) is 2.43. The number of nitrogens with one attached hydrogen (secondary N) is 2. The summed E-state index contributed by atoms with van der Waals surface area (Å²) in [6.45, 7) is 1.96. The van der Waals surface area contributed by atoms with Crippen LogP contribution in [-0.4, -0.2) is 68.1 Å². The van der Waals surface area contributed by atoms with Crippen LogP contribution in [0.4, 0.5) is 11.8 Å². The SMILES string of the molecule is CNC1CN(c2nc(NCCS(C)(=O)=O)c3cc(Br)cnc3n2)C1. The molecular formula is C14H19BrN6O2S. The molecule has 0 unspecified atom stereocenters. The molecule has 3 rings (SSSR count). The number of anilines is 2. The molecule has 10 heteroatoms. The normalized spacial score (nSPS) is 15.5. The van der Waals surface area contributed by atoms with E-state index in [-0.39, 0.29) is 12.3 Å². The molecule has 1 aliphatic heterocycles. The Morgan fingerprint density at radius 3 is 2.79 bits per heavy atom. The van der Waals surface area contributed by atoms with Crippen molar-refractivity contribution >= 4 is 48.6 Å². The predicted octanol–water partition coefficient (Wildman–Crippen LogP) is 0.652. The fourth-order valence-corrected chi connectivity index (χ4v) is 3.23. The minimum atomic E-state index is -3.04. The highest BCUT2D eigenvalue weighted by Gasteiger charge is 2.28. The van der Waals surface area contributed by atoms with Crippen molar-refractivity contribution in [2.75, 3.05) is 48.9 Å². The van der Waals surface area contributed by atoms with Gasteiger partial charge in [-0.05, 0) is 29.0 Å². The summed E-state index contributed by atoms with van der Waals surface area (Å²) in [7, 11) is -1.10. The molecule has 0 atom stereocenters. The second kappa shape index (κ2) is 6.77. The summed E-state index contributed by atoms with van der Waals surface area (Å²) in [6.07, 6.45) is 2.90. The molecule has 2 N–H and O–H groups in total. The van der Waals surface area contributed by atoms with E-state index < -0.39 is 9.84 Å². The van der Waals surface area contributed by atoms with Gasteiger partial charge in [-0.3, -0.25) is 0 Å². The number of fused-ring (bicyclic) bond motifs is 1. The Labute approximate surface area is 149 Å². The van der Waals surface area contributed by atoms with Gasteiger partial charge in [0.05, 0.1) is 11.1 Å². The number of aromatic nitrogens is 3. The molecule has 0 spiro atoms. The van der Waals surface area contributed by atoms with Crippen molar-refractivity contribution in [3.05, 3.63) is 16.7 Å². The molecule has 0 aromatic carbocycles. The molecule has 24 heavy (non-hydrogen) atoms. The number of halogens is 1. The maximum Gasteiger partial charge on any atom is 0.229 e. The molecular weight excluding hydrogens is 396 g/mol. The zero-order chi connectivity index (χ0) is 17.3. The third-order valence-corrected chi connectivity index (χ3v) is 5.22.